The molecular weight excluding hydrogens is 592 g/mol. The fourth-order valence-corrected chi connectivity index (χ4v) is 6.16. The number of likely N-dealkylation sites (tertiary alicyclic amines) is 1. The zero-order valence-electron chi connectivity index (χ0n) is 23.2. The molecule has 1 saturated heterocycles. The number of alkyl halides is 4. The van der Waals surface area contributed by atoms with Gasteiger partial charge in [0, 0.05) is 52.3 Å². The molecule has 0 saturated carbocycles. The fourth-order valence-electron chi connectivity index (χ4n) is 4.82. The number of aromatic nitrogens is 3. The van der Waals surface area contributed by atoms with Crippen molar-refractivity contribution in [3.05, 3.63) is 59.2 Å². The number of methoxy groups -OCH3 is 1. The van der Waals surface area contributed by atoms with Gasteiger partial charge in [-0.15, -0.1) is 10.2 Å². The van der Waals surface area contributed by atoms with Crippen LogP contribution in [0.1, 0.15) is 11.4 Å². The van der Waals surface area contributed by atoms with E-state index in [1.807, 2.05) is 11.9 Å². The monoisotopic (exact) mass is 622 g/mol. The molecule has 0 amide bonds. The van der Waals surface area contributed by atoms with E-state index in [2.05, 4.69) is 20.8 Å². The first-order valence-corrected chi connectivity index (χ1v) is 15.4. The molecule has 2 atom stereocenters. The molecule has 0 bridgehead atoms. The zero-order chi connectivity index (χ0) is 30.0. The first-order valence-electron chi connectivity index (χ1n) is 13.1. The lowest BCUT2D eigenvalue weighted by Gasteiger charge is -2.27. The van der Waals surface area contributed by atoms with Gasteiger partial charge in [-0.1, -0.05) is 17.4 Å². The van der Waals surface area contributed by atoms with Crippen molar-refractivity contribution in [3.8, 4) is 16.5 Å². The molecule has 1 unspecified atom stereocenters. The van der Waals surface area contributed by atoms with Crippen molar-refractivity contribution in [1.29, 1.82) is 0 Å². The summed E-state index contributed by atoms with van der Waals surface area (Å²) in [5.74, 6) is 0.507. The quantitative estimate of drug-likeness (QED) is 0.220. The van der Waals surface area contributed by atoms with Crippen molar-refractivity contribution in [2.75, 3.05) is 44.1 Å². The van der Waals surface area contributed by atoms with E-state index in [0.717, 1.165) is 6.54 Å². The molecule has 1 fully saturated rings. The van der Waals surface area contributed by atoms with Crippen molar-refractivity contribution in [2.24, 2.45) is 0 Å². The fraction of sp³-hybridized carbons (Fsp3) is 0.357. The zero-order valence-corrected chi connectivity index (χ0v) is 24.8. The maximum absolute atomic E-state index is 14.5. The summed E-state index contributed by atoms with van der Waals surface area (Å²) in [6, 6.07) is 11.9. The molecule has 0 spiro atoms. The smallest absolute Gasteiger partial charge is 0.406 e. The number of anilines is 2. The second-order valence-corrected chi connectivity index (χ2v) is 12.4. The number of fused-ring (bicyclic) bond motifs is 1. The summed E-state index contributed by atoms with van der Waals surface area (Å²) in [6.45, 7) is 0.0822. The van der Waals surface area contributed by atoms with Gasteiger partial charge in [0.05, 0.1) is 30.6 Å². The first kappa shape index (κ1) is 30.0. The molecule has 14 heteroatoms. The van der Waals surface area contributed by atoms with Gasteiger partial charge in [0.1, 0.15) is 23.5 Å². The van der Waals surface area contributed by atoms with Crippen LogP contribution < -0.4 is 15.4 Å². The van der Waals surface area contributed by atoms with Gasteiger partial charge in [0.15, 0.2) is 5.01 Å². The molecule has 8 nitrogen and oxygen atoms in total. The molecule has 0 radical (unpaired) electrons. The van der Waals surface area contributed by atoms with Crippen LogP contribution in [0.4, 0.5) is 28.9 Å². The number of hydrogen-bond acceptors (Lipinski definition) is 8. The Kier molecular flexibility index (Phi) is 8.85. The Hall–Kier alpha value is -3.49. The number of rotatable bonds is 9. The molecule has 1 aliphatic rings. The standard InChI is InChI=1S/C28H30F4N6O2S2/c1-37-10-9-17(20(29)15-37)13-33-21-5-4-6-23-19(21)12-24(38(23)16-28(30,31)32)27-36-35-26(41-27)14-34-22-8-7-18(42(3)39)11-25(22)40-2/h4-8,11-13,20,33-34H,9-10,14-16H2,1-3H3/t20-,42?/m1/s1. The minimum Gasteiger partial charge on any atom is -0.495 e. The number of hydrogen-bond donors (Lipinski definition) is 2. The third-order valence-corrected chi connectivity index (χ3v) is 8.84. The Balaban J connectivity index is 1.43. The van der Waals surface area contributed by atoms with Gasteiger partial charge in [-0.2, -0.15) is 13.2 Å². The lowest BCUT2D eigenvalue weighted by Crippen LogP contribution is -2.35. The highest BCUT2D eigenvalue weighted by Gasteiger charge is 2.31. The predicted octanol–water partition coefficient (Wildman–Crippen LogP) is 6.05. The molecule has 5 rings (SSSR count). The Morgan fingerprint density at radius 2 is 2.00 bits per heavy atom. The molecule has 4 aromatic rings. The van der Waals surface area contributed by atoms with Crippen molar-refractivity contribution in [2.45, 2.75) is 36.8 Å². The summed E-state index contributed by atoms with van der Waals surface area (Å²) in [5.41, 5.74) is 2.50. The van der Waals surface area contributed by atoms with Crippen LogP contribution in [0, 0.1) is 0 Å². The average molecular weight is 623 g/mol. The molecular formula is C28H30F4N6O2S2. The lowest BCUT2D eigenvalue weighted by atomic mass is 10.0. The number of benzene rings is 2. The molecule has 224 valence electrons. The SMILES string of the molecule is COc1cc(S(C)=O)ccc1NCc1nnc(-c2cc3c(NC=C4CCN(C)C[C@H]4F)cccc3n2CC(F)(F)F)s1. The molecule has 42 heavy (non-hydrogen) atoms. The van der Waals surface area contributed by atoms with Crippen molar-refractivity contribution in [1.82, 2.24) is 19.7 Å². The second kappa shape index (κ2) is 12.4. The van der Waals surface area contributed by atoms with Crippen LogP contribution in [0.3, 0.4) is 0 Å². The Bertz CT molecular complexity index is 1630. The highest BCUT2D eigenvalue weighted by Crippen LogP contribution is 2.37. The summed E-state index contributed by atoms with van der Waals surface area (Å²) in [4.78, 5) is 2.54. The van der Waals surface area contributed by atoms with E-state index in [-0.39, 0.29) is 12.2 Å². The highest BCUT2D eigenvalue weighted by molar-refractivity contribution is 7.84. The van der Waals surface area contributed by atoms with Gasteiger partial charge in [-0.05, 0) is 55.4 Å². The number of nitrogens with one attached hydrogen (secondary N) is 2. The lowest BCUT2D eigenvalue weighted by molar-refractivity contribution is -0.139. The summed E-state index contributed by atoms with van der Waals surface area (Å²) < 4.78 is 74.0. The molecule has 2 aromatic heterocycles. The summed E-state index contributed by atoms with van der Waals surface area (Å²) in [6.07, 6.45) is -1.81. The van der Waals surface area contributed by atoms with Gasteiger partial charge in [-0.25, -0.2) is 4.39 Å². The van der Waals surface area contributed by atoms with Gasteiger partial charge in [0.25, 0.3) is 0 Å². The number of ether oxygens (including phenoxy) is 1. The predicted molar refractivity (Wildman–Crippen MR) is 158 cm³/mol. The number of piperidine rings is 1. The van der Waals surface area contributed by atoms with Gasteiger partial charge >= 0.3 is 6.18 Å². The number of halogens is 4. The van der Waals surface area contributed by atoms with Crippen LogP contribution in [0.5, 0.6) is 5.75 Å². The van der Waals surface area contributed by atoms with E-state index in [0.29, 0.717) is 61.5 Å². The molecule has 2 aromatic carbocycles. The maximum atomic E-state index is 14.5. The van der Waals surface area contributed by atoms with Crippen molar-refractivity contribution >= 4 is 44.4 Å². The van der Waals surface area contributed by atoms with E-state index in [1.165, 1.54) is 23.0 Å². The Morgan fingerprint density at radius 3 is 2.71 bits per heavy atom. The summed E-state index contributed by atoms with van der Waals surface area (Å²) in [7, 11) is 2.20. The van der Waals surface area contributed by atoms with Gasteiger partial charge < -0.3 is 24.8 Å². The van der Waals surface area contributed by atoms with Crippen LogP contribution in [0.15, 0.2) is 59.1 Å². The minimum atomic E-state index is -4.47. The van der Waals surface area contributed by atoms with Gasteiger partial charge in [0.2, 0.25) is 0 Å². The molecule has 0 aliphatic carbocycles. The third kappa shape index (κ3) is 6.76. The molecule has 1 aliphatic heterocycles. The highest BCUT2D eigenvalue weighted by atomic mass is 32.2. The van der Waals surface area contributed by atoms with Crippen molar-refractivity contribution in [3.63, 3.8) is 0 Å². The van der Waals surface area contributed by atoms with Crippen LogP contribution >= 0.6 is 11.3 Å². The second-order valence-electron chi connectivity index (χ2n) is 9.98. The first-order chi connectivity index (χ1) is 20.0. The van der Waals surface area contributed by atoms with Crippen LogP contribution in [-0.2, 0) is 23.9 Å². The van der Waals surface area contributed by atoms with Crippen LogP contribution in [0.25, 0.3) is 21.6 Å². The maximum Gasteiger partial charge on any atom is 0.406 e. The Morgan fingerprint density at radius 1 is 1.19 bits per heavy atom. The Labute approximate surface area is 246 Å². The third-order valence-electron chi connectivity index (χ3n) is 6.97. The van der Waals surface area contributed by atoms with E-state index in [9.17, 15) is 21.8 Å². The largest absolute Gasteiger partial charge is 0.495 e. The van der Waals surface area contributed by atoms with Crippen molar-refractivity contribution < 1.29 is 26.5 Å². The van der Waals surface area contributed by atoms with E-state index in [4.69, 9.17) is 4.74 Å². The van der Waals surface area contributed by atoms with Crippen LogP contribution in [0.2, 0.25) is 0 Å². The van der Waals surface area contributed by atoms with E-state index < -0.39 is 29.7 Å². The van der Waals surface area contributed by atoms with Crippen LogP contribution in [-0.4, -0.2) is 69.7 Å². The number of nitrogens with zero attached hydrogens (tertiary/aromatic N) is 4. The molecule has 3 heterocycles. The minimum absolute atomic E-state index is 0.252. The topological polar surface area (TPSA) is 84.3 Å². The summed E-state index contributed by atoms with van der Waals surface area (Å²) in [5, 5.41) is 16.2. The van der Waals surface area contributed by atoms with Gasteiger partial charge in [-0.3, -0.25) is 4.21 Å². The average Bonchev–Trinajstić information content (AvgIpc) is 3.55. The van der Waals surface area contributed by atoms with E-state index >= 15 is 0 Å². The normalized spacial score (nSPS) is 18.0. The summed E-state index contributed by atoms with van der Waals surface area (Å²) >= 11 is 1.18. The van der Waals surface area contributed by atoms with E-state index in [1.54, 1.807) is 54.9 Å². The molecule has 2 N–H and O–H groups in total.